The van der Waals surface area contributed by atoms with Gasteiger partial charge in [-0.3, -0.25) is 15.2 Å². The molecule has 0 saturated carbocycles. The Labute approximate surface area is 144 Å². The minimum atomic E-state index is -0.156. The van der Waals surface area contributed by atoms with Gasteiger partial charge in [-0.15, -0.1) is 0 Å². The molecular formula is C17H14ClN3OS. The van der Waals surface area contributed by atoms with Crippen molar-refractivity contribution in [1.82, 2.24) is 10.4 Å². The van der Waals surface area contributed by atoms with Gasteiger partial charge in [0.05, 0.1) is 12.0 Å². The Morgan fingerprint density at radius 2 is 1.96 bits per heavy atom. The van der Waals surface area contributed by atoms with Crippen molar-refractivity contribution in [3.63, 3.8) is 0 Å². The normalized spacial score (nSPS) is 21.6. The lowest BCUT2D eigenvalue weighted by molar-refractivity contribution is -0.121. The fourth-order valence-electron chi connectivity index (χ4n) is 3.32. The summed E-state index contributed by atoms with van der Waals surface area (Å²) in [6.45, 7) is 0. The predicted molar refractivity (Wildman–Crippen MR) is 94.3 cm³/mol. The van der Waals surface area contributed by atoms with Gasteiger partial charge in [-0.05, 0) is 54.0 Å². The van der Waals surface area contributed by atoms with Crippen molar-refractivity contribution in [3.05, 3.63) is 64.7 Å². The number of carbonyl (C=O) groups is 1. The van der Waals surface area contributed by atoms with Crippen LogP contribution in [0.5, 0.6) is 0 Å². The van der Waals surface area contributed by atoms with E-state index in [1.54, 1.807) is 17.1 Å². The average Bonchev–Trinajstić information content (AvgIpc) is 3.07. The SMILES string of the molecule is O=C1NN(C(=S)Nc2ccc(Cl)cc2)C2Cc3ccccc3C12. The second-order valence-electron chi connectivity index (χ2n) is 5.73. The van der Waals surface area contributed by atoms with Gasteiger partial charge in [-0.2, -0.15) is 0 Å². The van der Waals surface area contributed by atoms with Gasteiger partial charge in [0.15, 0.2) is 5.11 Å². The molecule has 1 saturated heterocycles. The average molecular weight is 344 g/mol. The molecule has 1 aliphatic carbocycles. The number of nitrogens with one attached hydrogen (secondary N) is 2. The van der Waals surface area contributed by atoms with Crippen LogP contribution in [0, 0.1) is 0 Å². The summed E-state index contributed by atoms with van der Waals surface area (Å²) in [5.74, 6) is -0.156. The zero-order valence-electron chi connectivity index (χ0n) is 12.1. The molecule has 2 aliphatic rings. The number of rotatable bonds is 1. The molecule has 4 nitrogen and oxygen atoms in total. The quantitative estimate of drug-likeness (QED) is 0.781. The van der Waals surface area contributed by atoms with Crippen molar-refractivity contribution in [1.29, 1.82) is 0 Å². The van der Waals surface area contributed by atoms with Gasteiger partial charge in [0, 0.05) is 10.7 Å². The number of carbonyl (C=O) groups excluding carboxylic acids is 1. The lowest BCUT2D eigenvalue weighted by Gasteiger charge is -2.25. The van der Waals surface area contributed by atoms with Gasteiger partial charge < -0.3 is 5.32 Å². The molecule has 2 unspecified atom stereocenters. The molecule has 0 bridgehead atoms. The lowest BCUT2D eigenvalue weighted by atomic mass is 9.99. The van der Waals surface area contributed by atoms with E-state index in [1.807, 2.05) is 30.3 Å². The summed E-state index contributed by atoms with van der Waals surface area (Å²) >= 11 is 11.4. The molecule has 0 spiro atoms. The fraction of sp³-hybridized carbons (Fsp3) is 0.176. The lowest BCUT2D eigenvalue weighted by Crippen LogP contribution is -2.46. The topological polar surface area (TPSA) is 44.4 Å². The molecule has 2 N–H and O–H groups in total. The van der Waals surface area contributed by atoms with E-state index >= 15 is 0 Å². The molecule has 2 aromatic carbocycles. The molecule has 23 heavy (non-hydrogen) atoms. The largest absolute Gasteiger partial charge is 0.331 e. The van der Waals surface area contributed by atoms with Crippen LogP contribution in [0.25, 0.3) is 0 Å². The Morgan fingerprint density at radius 1 is 1.22 bits per heavy atom. The van der Waals surface area contributed by atoms with E-state index in [4.69, 9.17) is 23.8 Å². The van der Waals surface area contributed by atoms with Crippen molar-refractivity contribution in [2.45, 2.75) is 18.4 Å². The number of fused-ring (bicyclic) bond motifs is 3. The monoisotopic (exact) mass is 343 g/mol. The Morgan fingerprint density at radius 3 is 2.74 bits per heavy atom. The first-order valence-corrected chi connectivity index (χ1v) is 8.16. The highest BCUT2D eigenvalue weighted by Gasteiger charge is 2.47. The van der Waals surface area contributed by atoms with Crippen LogP contribution in [0.15, 0.2) is 48.5 Å². The smallest absolute Gasteiger partial charge is 0.248 e. The second kappa shape index (κ2) is 5.51. The zero-order chi connectivity index (χ0) is 16.0. The van der Waals surface area contributed by atoms with Crippen LogP contribution >= 0.6 is 23.8 Å². The van der Waals surface area contributed by atoms with Crippen molar-refractivity contribution in [2.75, 3.05) is 5.32 Å². The van der Waals surface area contributed by atoms with Crippen molar-refractivity contribution in [2.24, 2.45) is 0 Å². The van der Waals surface area contributed by atoms with Gasteiger partial charge in [-0.25, -0.2) is 0 Å². The third kappa shape index (κ3) is 2.46. The first-order valence-electron chi connectivity index (χ1n) is 7.37. The molecule has 116 valence electrons. The second-order valence-corrected chi connectivity index (χ2v) is 6.55. The van der Waals surface area contributed by atoms with E-state index < -0.39 is 0 Å². The number of hydrazine groups is 1. The maximum absolute atomic E-state index is 12.4. The minimum Gasteiger partial charge on any atom is -0.331 e. The molecule has 0 radical (unpaired) electrons. The molecule has 1 heterocycles. The van der Waals surface area contributed by atoms with Crippen LogP contribution < -0.4 is 10.7 Å². The Balaban J connectivity index is 1.56. The fourth-order valence-corrected chi connectivity index (χ4v) is 3.74. The van der Waals surface area contributed by atoms with Crippen LogP contribution in [0.2, 0.25) is 5.02 Å². The summed E-state index contributed by atoms with van der Waals surface area (Å²) < 4.78 is 0. The number of benzene rings is 2. The van der Waals surface area contributed by atoms with Gasteiger partial charge in [0.2, 0.25) is 5.91 Å². The maximum atomic E-state index is 12.4. The number of thiocarbonyl (C=S) groups is 1. The highest BCUT2D eigenvalue weighted by Crippen LogP contribution is 2.39. The highest BCUT2D eigenvalue weighted by molar-refractivity contribution is 7.80. The summed E-state index contributed by atoms with van der Waals surface area (Å²) in [6, 6.07) is 15.4. The first-order chi connectivity index (χ1) is 11.1. The van der Waals surface area contributed by atoms with Crippen LogP contribution in [0.4, 0.5) is 5.69 Å². The third-order valence-corrected chi connectivity index (χ3v) is 4.91. The number of nitrogens with zero attached hydrogens (tertiary/aromatic N) is 1. The molecule has 2 atom stereocenters. The maximum Gasteiger partial charge on any atom is 0.248 e. The van der Waals surface area contributed by atoms with E-state index in [1.165, 1.54) is 5.56 Å². The first kappa shape index (κ1) is 14.5. The molecular weight excluding hydrogens is 330 g/mol. The summed E-state index contributed by atoms with van der Waals surface area (Å²) in [6.07, 6.45) is 0.808. The Kier molecular flexibility index (Phi) is 3.47. The molecule has 1 fully saturated rings. The van der Waals surface area contributed by atoms with Crippen LogP contribution in [0.3, 0.4) is 0 Å². The van der Waals surface area contributed by atoms with Gasteiger partial charge in [0.25, 0.3) is 0 Å². The summed E-state index contributed by atoms with van der Waals surface area (Å²) in [4.78, 5) is 12.4. The molecule has 1 aliphatic heterocycles. The van der Waals surface area contributed by atoms with E-state index in [0.717, 1.165) is 17.7 Å². The van der Waals surface area contributed by atoms with Crippen molar-refractivity contribution in [3.8, 4) is 0 Å². The number of hydrogen-bond acceptors (Lipinski definition) is 2. The molecule has 1 amide bonds. The number of anilines is 1. The number of hydrogen-bond donors (Lipinski definition) is 2. The molecule has 0 aromatic heterocycles. The number of halogens is 1. The van der Waals surface area contributed by atoms with Crippen LogP contribution in [0.1, 0.15) is 17.0 Å². The van der Waals surface area contributed by atoms with E-state index in [0.29, 0.717) is 10.1 Å². The van der Waals surface area contributed by atoms with Gasteiger partial charge in [0.1, 0.15) is 0 Å². The van der Waals surface area contributed by atoms with E-state index in [-0.39, 0.29) is 17.9 Å². The summed E-state index contributed by atoms with van der Waals surface area (Å²) in [7, 11) is 0. The summed E-state index contributed by atoms with van der Waals surface area (Å²) in [5, 5.41) is 6.09. The van der Waals surface area contributed by atoms with Crippen LogP contribution in [-0.4, -0.2) is 22.1 Å². The standard InChI is InChI=1S/C17H14ClN3OS/c18-11-5-7-12(8-6-11)19-17(23)21-14-9-10-3-1-2-4-13(10)15(14)16(22)20-21/h1-8,14-15H,9H2,(H,19,23)(H,20,22). The molecule has 2 aromatic rings. The predicted octanol–water partition coefficient (Wildman–Crippen LogP) is 3.09. The minimum absolute atomic E-state index is 0.000191. The van der Waals surface area contributed by atoms with E-state index in [9.17, 15) is 4.79 Å². The van der Waals surface area contributed by atoms with Gasteiger partial charge >= 0.3 is 0 Å². The van der Waals surface area contributed by atoms with Crippen LogP contribution in [-0.2, 0) is 11.2 Å². The third-order valence-electron chi connectivity index (χ3n) is 4.36. The van der Waals surface area contributed by atoms with Crippen molar-refractivity contribution >= 4 is 40.5 Å². The molecule has 6 heteroatoms. The Bertz CT molecular complexity index is 793. The summed E-state index contributed by atoms with van der Waals surface area (Å²) in [5.41, 5.74) is 6.06. The number of amides is 1. The zero-order valence-corrected chi connectivity index (χ0v) is 13.7. The van der Waals surface area contributed by atoms with E-state index in [2.05, 4.69) is 16.8 Å². The van der Waals surface area contributed by atoms with Crippen molar-refractivity contribution < 1.29 is 4.79 Å². The molecule has 4 rings (SSSR count). The highest BCUT2D eigenvalue weighted by atomic mass is 35.5. The Hall–Kier alpha value is -2.11. The van der Waals surface area contributed by atoms with Gasteiger partial charge in [-0.1, -0.05) is 35.9 Å².